The Hall–Kier alpha value is -3.14. The summed E-state index contributed by atoms with van der Waals surface area (Å²) in [5.74, 6) is 3.19. The summed E-state index contributed by atoms with van der Waals surface area (Å²) in [5.41, 5.74) is 4.57. The number of fused-ring (bicyclic) bond motifs is 8. The molecule has 0 radical (unpaired) electrons. The van der Waals surface area contributed by atoms with Gasteiger partial charge < -0.3 is 10.1 Å². The zero-order valence-corrected chi connectivity index (χ0v) is 27.5. The number of aromatic amines is 1. The Kier molecular flexibility index (Phi) is 8.91. The van der Waals surface area contributed by atoms with Gasteiger partial charge >= 0.3 is 0 Å². The quantitative estimate of drug-likeness (QED) is 0.211. The Bertz CT molecular complexity index is 1780. The van der Waals surface area contributed by atoms with Gasteiger partial charge in [-0.2, -0.15) is 16.9 Å². The number of nitrogens with one attached hydrogen (secondary N) is 1. The lowest BCUT2D eigenvalue weighted by Crippen LogP contribution is -2.27. The lowest BCUT2D eigenvalue weighted by atomic mass is 9.75. The number of H-pyrrole nitrogens is 1. The largest absolute Gasteiger partial charge is 0.396 e. The minimum atomic E-state index is -0.424. The SMILES string of the molecule is Cn1nc2nc1-c1cc(ccn1)Sc1c(F)cc3[nH]ccc3c1CCSCC(C)(C)CCC[C@]2(C)c1cccc(CCO)c1. The summed E-state index contributed by atoms with van der Waals surface area (Å²) >= 11 is 3.40. The molecule has 6 nitrogen and oxygen atoms in total. The Labute approximate surface area is 267 Å². The molecule has 44 heavy (non-hydrogen) atoms. The second-order valence-corrected chi connectivity index (χ2v) is 15.0. The van der Waals surface area contributed by atoms with Crippen LogP contribution in [-0.2, 0) is 25.3 Å². The van der Waals surface area contributed by atoms with Gasteiger partial charge in [-0.1, -0.05) is 56.3 Å². The van der Waals surface area contributed by atoms with Crippen LogP contribution < -0.4 is 0 Å². The third-order valence-electron chi connectivity index (χ3n) is 8.79. The zero-order valence-electron chi connectivity index (χ0n) is 25.9. The van der Waals surface area contributed by atoms with Crippen molar-refractivity contribution >= 4 is 34.4 Å². The highest BCUT2D eigenvalue weighted by Gasteiger charge is 2.35. The number of benzene rings is 2. The molecule has 0 spiro atoms. The Balaban J connectivity index is 1.45. The van der Waals surface area contributed by atoms with E-state index in [0.717, 1.165) is 75.5 Å². The van der Waals surface area contributed by atoms with Crippen molar-refractivity contribution in [3.8, 4) is 11.5 Å². The van der Waals surface area contributed by atoms with Crippen LogP contribution in [0.1, 0.15) is 62.5 Å². The molecule has 0 unspecified atom stereocenters. The average molecular weight is 630 g/mol. The first-order chi connectivity index (χ1) is 21.2. The van der Waals surface area contributed by atoms with Gasteiger partial charge in [-0.15, -0.1) is 0 Å². The summed E-state index contributed by atoms with van der Waals surface area (Å²) in [4.78, 5) is 14.6. The predicted molar refractivity (Wildman–Crippen MR) is 179 cm³/mol. The molecule has 0 fully saturated rings. The number of pyridine rings is 1. The molecule has 0 amide bonds. The van der Waals surface area contributed by atoms with Gasteiger partial charge in [0.15, 0.2) is 11.6 Å². The third-order valence-corrected chi connectivity index (χ3v) is 11.4. The molecule has 4 bridgehead atoms. The van der Waals surface area contributed by atoms with E-state index in [9.17, 15) is 5.11 Å². The van der Waals surface area contributed by atoms with E-state index < -0.39 is 5.41 Å². The number of halogens is 1. The lowest BCUT2D eigenvalue weighted by Gasteiger charge is -2.30. The fourth-order valence-electron chi connectivity index (χ4n) is 6.24. The Morgan fingerprint density at radius 3 is 2.80 bits per heavy atom. The molecule has 6 rings (SSSR count). The van der Waals surface area contributed by atoms with E-state index in [1.165, 1.54) is 11.8 Å². The first kappa shape index (κ1) is 30.9. The van der Waals surface area contributed by atoms with Crippen LogP contribution in [0.5, 0.6) is 0 Å². The highest BCUT2D eigenvalue weighted by Crippen LogP contribution is 2.41. The van der Waals surface area contributed by atoms with Crippen LogP contribution in [-0.4, -0.2) is 48.0 Å². The van der Waals surface area contributed by atoms with Crippen LogP contribution in [0.3, 0.4) is 0 Å². The van der Waals surface area contributed by atoms with Gasteiger partial charge in [0.1, 0.15) is 11.5 Å². The van der Waals surface area contributed by atoms with Crippen LogP contribution in [0, 0.1) is 11.2 Å². The zero-order chi connectivity index (χ0) is 30.9. The standard InChI is InChI=1S/C35H40FN5OS2/c1-34(2)13-6-14-35(3,24-8-5-7-23(19-24)11-17-42)33-39-32(41(4)40-33)30-20-25(9-15-38-30)44-31-27(12-18-43-22-34)26-10-16-37-29(26)21-28(31)36/h5,7-10,15-16,19-21,37,42H,6,11-14,17-18,22H2,1-4H3/t35-/m1/s1. The van der Waals surface area contributed by atoms with Crippen LogP contribution in [0.4, 0.5) is 4.39 Å². The van der Waals surface area contributed by atoms with Crippen molar-refractivity contribution in [2.24, 2.45) is 12.5 Å². The van der Waals surface area contributed by atoms with Crippen molar-refractivity contribution in [1.82, 2.24) is 24.7 Å². The van der Waals surface area contributed by atoms with Crippen LogP contribution in [0.15, 0.2) is 70.7 Å². The number of aliphatic hydroxyl groups excluding tert-OH is 1. The van der Waals surface area contributed by atoms with Crippen LogP contribution >= 0.6 is 23.5 Å². The van der Waals surface area contributed by atoms with Crippen molar-refractivity contribution in [2.75, 3.05) is 18.1 Å². The minimum Gasteiger partial charge on any atom is -0.396 e. The molecule has 5 aromatic rings. The van der Waals surface area contributed by atoms with E-state index in [4.69, 9.17) is 10.1 Å². The molecule has 2 N–H and O–H groups in total. The van der Waals surface area contributed by atoms with Crippen LogP contribution in [0.25, 0.3) is 22.4 Å². The Morgan fingerprint density at radius 1 is 1.09 bits per heavy atom. The summed E-state index contributed by atoms with van der Waals surface area (Å²) < 4.78 is 17.5. The minimum absolute atomic E-state index is 0.114. The summed E-state index contributed by atoms with van der Waals surface area (Å²) in [6.07, 6.45) is 8.05. The van der Waals surface area contributed by atoms with Gasteiger partial charge in [0.25, 0.3) is 0 Å². The van der Waals surface area contributed by atoms with Gasteiger partial charge in [0, 0.05) is 41.8 Å². The number of rotatable bonds is 3. The van der Waals surface area contributed by atoms with E-state index in [2.05, 4.69) is 61.1 Å². The molecule has 1 atom stereocenters. The molecule has 3 aromatic heterocycles. The van der Waals surface area contributed by atoms with Crippen molar-refractivity contribution in [2.45, 2.75) is 68.1 Å². The highest BCUT2D eigenvalue weighted by atomic mass is 32.2. The van der Waals surface area contributed by atoms with Crippen molar-refractivity contribution < 1.29 is 9.50 Å². The number of aryl methyl sites for hydroxylation is 2. The van der Waals surface area contributed by atoms with Gasteiger partial charge in [-0.05, 0) is 90.5 Å². The van der Waals surface area contributed by atoms with E-state index >= 15 is 4.39 Å². The van der Waals surface area contributed by atoms with E-state index in [1.54, 1.807) is 12.3 Å². The number of hydrogen-bond acceptors (Lipinski definition) is 6. The van der Waals surface area contributed by atoms with Crippen molar-refractivity contribution in [3.05, 3.63) is 89.3 Å². The van der Waals surface area contributed by atoms with Gasteiger partial charge in [0.2, 0.25) is 0 Å². The molecular weight excluding hydrogens is 590 g/mol. The summed E-state index contributed by atoms with van der Waals surface area (Å²) in [7, 11) is 1.91. The summed E-state index contributed by atoms with van der Waals surface area (Å²) in [6, 6.07) is 16.1. The lowest BCUT2D eigenvalue weighted by molar-refractivity contribution is 0.299. The Morgan fingerprint density at radius 2 is 1.95 bits per heavy atom. The van der Waals surface area contributed by atoms with Gasteiger partial charge in [-0.3, -0.25) is 4.98 Å². The van der Waals surface area contributed by atoms with Gasteiger partial charge in [-0.25, -0.2) is 14.1 Å². The first-order valence-corrected chi connectivity index (χ1v) is 17.3. The molecule has 0 saturated heterocycles. The smallest absolute Gasteiger partial charge is 0.176 e. The number of nitrogens with zero attached hydrogens (tertiary/aromatic N) is 4. The molecule has 1 aliphatic heterocycles. The maximum Gasteiger partial charge on any atom is 0.176 e. The summed E-state index contributed by atoms with van der Waals surface area (Å²) in [5, 5.41) is 15.7. The molecule has 0 saturated carbocycles. The van der Waals surface area contributed by atoms with E-state index in [1.807, 2.05) is 41.8 Å². The van der Waals surface area contributed by atoms with Crippen molar-refractivity contribution in [3.63, 3.8) is 0 Å². The maximum absolute atomic E-state index is 15.7. The topological polar surface area (TPSA) is 79.6 Å². The third kappa shape index (κ3) is 6.32. The van der Waals surface area contributed by atoms with Crippen molar-refractivity contribution in [1.29, 1.82) is 0 Å². The first-order valence-electron chi connectivity index (χ1n) is 15.3. The van der Waals surface area contributed by atoms with E-state index in [-0.39, 0.29) is 17.8 Å². The molecule has 230 valence electrons. The number of aromatic nitrogens is 5. The second-order valence-electron chi connectivity index (χ2n) is 12.8. The average Bonchev–Trinajstić information content (AvgIpc) is 3.63. The molecule has 1 aliphatic rings. The molecule has 4 heterocycles. The summed E-state index contributed by atoms with van der Waals surface area (Å²) in [6.45, 7) is 7.05. The van der Waals surface area contributed by atoms with Gasteiger partial charge in [0.05, 0.1) is 10.3 Å². The number of hydrogen-bond donors (Lipinski definition) is 2. The second kappa shape index (κ2) is 12.7. The highest BCUT2D eigenvalue weighted by molar-refractivity contribution is 7.99. The normalized spacial score (nSPS) is 19.3. The molecular formula is C35H40FN5OS2. The van der Waals surface area contributed by atoms with Crippen LogP contribution in [0.2, 0.25) is 0 Å². The maximum atomic E-state index is 15.7. The fourth-order valence-corrected chi connectivity index (χ4v) is 8.45. The molecule has 2 aromatic carbocycles. The monoisotopic (exact) mass is 629 g/mol. The van der Waals surface area contributed by atoms with E-state index in [0.29, 0.717) is 22.8 Å². The number of thioether (sulfide) groups is 1. The predicted octanol–water partition coefficient (Wildman–Crippen LogP) is 7.98. The molecule has 0 aliphatic carbocycles. The molecule has 9 heteroatoms. The number of aliphatic hydroxyl groups is 1. The fraction of sp³-hybridized carbons (Fsp3) is 0.400.